The van der Waals surface area contributed by atoms with Crippen LogP contribution in [-0.2, 0) is 7.05 Å². The van der Waals surface area contributed by atoms with Crippen molar-refractivity contribution in [2.75, 3.05) is 13.1 Å². The highest BCUT2D eigenvalue weighted by molar-refractivity contribution is 7.09. The summed E-state index contributed by atoms with van der Waals surface area (Å²) in [7, 11) is 1.80. The Balaban J connectivity index is 1.75. The van der Waals surface area contributed by atoms with Crippen LogP contribution in [0, 0.1) is 0 Å². The molecule has 3 rings (SSSR count). The Labute approximate surface area is 115 Å². The summed E-state index contributed by atoms with van der Waals surface area (Å²) < 4.78 is 1.63. The molecule has 0 aromatic carbocycles. The van der Waals surface area contributed by atoms with Crippen molar-refractivity contribution >= 4 is 17.2 Å². The van der Waals surface area contributed by atoms with Crippen molar-refractivity contribution in [1.82, 2.24) is 19.7 Å². The van der Waals surface area contributed by atoms with Crippen LogP contribution in [0.4, 0.5) is 0 Å². The van der Waals surface area contributed by atoms with Gasteiger partial charge in [0.15, 0.2) is 0 Å². The van der Waals surface area contributed by atoms with Gasteiger partial charge in [-0.3, -0.25) is 9.48 Å². The van der Waals surface area contributed by atoms with Crippen LogP contribution in [0.3, 0.4) is 0 Å². The van der Waals surface area contributed by atoms with E-state index in [-0.39, 0.29) is 5.91 Å². The number of piperidine rings is 1. The summed E-state index contributed by atoms with van der Waals surface area (Å²) in [6.45, 7) is 1.59. The molecule has 1 aliphatic heterocycles. The number of nitrogens with zero attached hydrogens (tertiary/aromatic N) is 4. The molecule has 0 saturated carbocycles. The Morgan fingerprint density at radius 1 is 1.47 bits per heavy atom. The van der Waals surface area contributed by atoms with E-state index in [1.54, 1.807) is 35.3 Å². The molecule has 1 amide bonds. The Morgan fingerprint density at radius 3 is 3.05 bits per heavy atom. The maximum Gasteiger partial charge on any atom is 0.272 e. The summed E-state index contributed by atoms with van der Waals surface area (Å²) >= 11 is 1.68. The van der Waals surface area contributed by atoms with Crippen LogP contribution in [0.15, 0.2) is 23.8 Å². The average molecular weight is 276 g/mol. The van der Waals surface area contributed by atoms with Crippen LogP contribution in [0.5, 0.6) is 0 Å². The Hall–Kier alpha value is -1.69. The monoisotopic (exact) mass is 276 g/mol. The highest BCUT2D eigenvalue weighted by Crippen LogP contribution is 2.28. The fourth-order valence-corrected chi connectivity index (χ4v) is 3.31. The van der Waals surface area contributed by atoms with E-state index in [9.17, 15) is 4.79 Å². The van der Waals surface area contributed by atoms with Crippen LogP contribution >= 0.6 is 11.3 Å². The van der Waals surface area contributed by atoms with E-state index in [1.165, 1.54) is 0 Å². The second-order valence-electron chi connectivity index (χ2n) is 4.80. The third-order valence-corrected chi connectivity index (χ3v) is 4.49. The van der Waals surface area contributed by atoms with Crippen LogP contribution < -0.4 is 0 Å². The van der Waals surface area contributed by atoms with Crippen molar-refractivity contribution < 1.29 is 4.79 Å². The van der Waals surface area contributed by atoms with Gasteiger partial charge in [-0.05, 0) is 18.9 Å². The van der Waals surface area contributed by atoms with E-state index >= 15 is 0 Å². The minimum Gasteiger partial charge on any atom is -0.337 e. The van der Waals surface area contributed by atoms with Crippen molar-refractivity contribution in [2.45, 2.75) is 18.8 Å². The molecule has 0 unspecified atom stereocenters. The number of rotatable bonds is 2. The molecule has 3 heterocycles. The van der Waals surface area contributed by atoms with E-state index < -0.39 is 0 Å². The van der Waals surface area contributed by atoms with Gasteiger partial charge in [0.05, 0.1) is 5.01 Å². The number of thiazole rings is 1. The predicted molar refractivity (Wildman–Crippen MR) is 73.2 cm³/mol. The highest BCUT2D eigenvalue weighted by Gasteiger charge is 2.27. The molecule has 0 aliphatic carbocycles. The first-order chi connectivity index (χ1) is 9.25. The first-order valence-corrected chi connectivity index (χ1v) is 7.30. The average Bonchev–Trinajstić information content (AvgIpc) is 3.09. The maximum absolute atomic E-state index is 12.4. The van der Waals surface area contributed by atoms with Gasteiger partial charge in [0.1, 0.15) is 5.69 Å². The summed E-state index contributed by atoms with van der Waals surface area (Å²) in [5, 5.41) is 7.20. The molecule has 0 N–H and O–H groups in total. The molecule has 0 spiro atoms. The summed E-state index contributed by atoms with van der Waals surface area (Å²) in [5.41, 5.74) is 0.653. The number of aromatic nitrogens is 3. The minimum absolute atomic E-state index is 0.0706. The minimum atomic E-state index is 0.0706. The first kappa shape index (κ1) is 12.3. The van der Waals surface area contributed by atoms with Crippen molar-refractivity contribution in [1.29, 1.82) is 0 Å². The summed E-state index contributed by atoms with van der Waals surface area (Å²) in [5.74, 6) is 0.451. The fraction of sp³-hybridized carbons (Fsp3) is 0.462. The molecule has 2 aromatic heterocycles. The number of carbonyl (C=O) groups excluding carboxylic acids is 1. The molecule has 1 fully saturated rings. The lowest BCUT2D eigenvalue weighted by Crippen LogP contribution is -2.39. The van der Waals surface area contributed by atoms with E-state index in [0.717, 1.165) is 30.9 Å². The molecule has 0 radical (unpaired) electrons. The van der Waals surface area contributed by atoms with E-state index in [4.69, 9.17) is 0 Å². The van der Waals surface area contributed by atoms with Gasteiger partial charge in [-0.15, -0.1) is 11.3 Å². The Morgan fingerprint density at radius 2 is 2.37 bits per heavy atom. The molecule has 2 aromatic rings. The summed E-state index contributed by atoms with van der Waals surface area (Å²) in [6, 6.07) is 1.77. The third kappa shape index (κ3) is 2.40. The second kappa shape index (κ2) is 5.13. The highest BCUT2D eigenvalue weighted by atomic mass is 32.1. The van der Waals surface area contributed by atoms with Crippen molar-refractivity contribution in [3.05, 3.63) is 34.5 Å². The number of aryl methyl sites for hydroxylation is 1. The zero-order valence-electron chi connectivity index (χ0n) is 10.8. The largest absolute Gasteiger partial charge is 0.337 e. The van der Waals surface area contributed by atoms with Crippen molar-refractivity contribution in [3.8, 4) is 0 Å². The van der Waals surface area contributed by atoms with Gasteiger partial charge in [-0.1, -0.05) is 0 Å². The molecule has 1 saturated heterocycles. The van der Waals surface area contributed by atoms with Gasteiger partial charge >= 0.3 is 0 Å². The molecule has 0 bridgehead atoms. The number of amides is 1. The molecule has 5 nitrogen and oxygen atoms in total. The van der Waals surface area contributed by atoms with Crippen LogP contribution in [0.2, 0.25) is 0 Å². The van der Waals surface area contributed by atoms with Crippen molar-refractivity contribution in [2.24, 2.45) is 7.05 Å². The van der Waals surface area contributed by atoms with Crippen LogP contribution in [-0.4, -0.2) is 38.7 Å². The van der Waals surface area contributed by atoms with Gasteiger partial charge in [0, 0.05) is 43.8 Å². The van der Waals surface area contributed by atoms with Gasteiger partial charge in [-0.25, -0.2) is 4.98 Å². The number of hydrogen-bond acceptors (Lipinski definition) is 4. The predicted octanol–water partition coefficient (Wildman–Crippen LogP) is 1.90. The number of likely N-dealkylation sites (tertiary alicyclic amines) is 1. The lowest BCUT2D eigenvalue weighted by Gasteiger charge is -2.31. The lowest BCUT2D eigenvalue weighted by molar-refractivity contribution is 0.0696. The smallest absolute Gasteiger partial charge is 0.272 e. The zero-order valence-corrected chi connectivity index (χ0v) is 11.6. The number of carbonyl (C=O) groups is 1. The number of hydrogen-bond donors (Lipinski definition) is 0. The van der Waals surface area contributed by atoms with Crippen molar-refractivity contribution in [3.63, 3.8) is 0 Å². The lowest BCUT2D eigenvalue weighted by atomic mass is 9.98. The third-order valence-electron chi connectivity index (χ3n) is 3.55. The van der Waals surface area contributed by atoms with E-state index in [1.807, 2.05) is 16.5 Å². The van der Waals surface area contributed by atoms with Gasteiger partial charge < -0.3 is 4.90 Å². The normalized spacial score (nSPS) is 19.6. The van der Waals surface area contributed by atoms with E-state index in [0.29, 0.717) is 11.6 Å². The molecular formula is C13H16N4OS. The zero-order chi connectivity index (χ0) is 13.2. The van der Waals surface area contributed by atoms with Crippen LogP contribution in [0.25, 0.3) is 0 Å². The second-order valence-corrected chi connectivity index (χ2v) is 5.73. The quantitative estimate of drug-likeness (QED) is 0.841. The topological polar surface area (TPSA) is 51.0 Å². The molecule has 6 heteroatoms. The molecule has 19 heavy (non-hydrogen) atoms. The van der Waals surface area contributed by atoms with Gasteiger partial charge in [0.25, 0.3) is 5.91 Å². The molecule has 100 valence electrons. The maximum atomic E-state index is 12.4. The molecule has 1 aliphatic rings. The van der Waals surface area contributed by atoms with Crippen LogP contribution in [0.1, 0.15) is 34.3 Å². The van der Waals surface area contributed by atoms with Gasteiger partial charge in [0.2, 0.25) is 0 Å². The fourth-order valence-electron chi connectivity index (χ4n) is 2.54. The Kier molecular flexibility index (Phi) is 3.33. The summed E-state index contributed by atoms with van der Waals surface area (Å²) in [4.78, 5) is 18.7. The van der Waals surface area contributed by atoms with E-state index in [2.05, 4.69) is 10.1 Å². The van der Waals surface area contributed by atoms with Gasteiger partial charge in [-0.2, -0.15) is 5.10 Å². The first-order valence-electron chi connectivity index (χ1n) is 6.42. The molecular weight excluding hydrogens is 260 g/mol. The SMILES string of the molecule is Cn1nccc1C(=O)N1CCC[C@@H](c2nccs2)C1. The Bertz CT molecular complexity index is 563. The standard InChI is InChI=1S/C13H16N4OS/c1-16-11(4-5-15-16)13(18)17-7-2-3-10(9-17)12-14-6-8-19-12/h4-6,8,10H,2-3,7,9H2,1H3/t10-/m1/s1. The molecule has 1 atom stereocenters. The summed E-state index contributed by atoms with van der Waals surface area (Å²) in [6.07, 6.45) is 5.65.